The summed E-state index contributed by atoms with van der Waals surface area (Å²) < 4.78 is 12.9. The Morgan fingerprint density at radius 3 is 2.19 bits per heavy atom. The standard InChI is InChI=1S/C56H56N4O8/c1-3-33-57-51(62)46-48-52(63)68-49(41-23-13-8-14-24-41)47(40-21-11-7-12-22-40)60(48)50(42-25-15-16-26-45(42)67-35-34-61)56(46)43-36-38(29-32-55(66)30-17-4-5-18-31-55)27-28-44(43)59(53(56)64)54(65)58-37(2)39-19-9-6-10-20-39/h3,6-16,19-28,36-37,46-50,61,66H,1,4-5,17-18,30-31,33-35H2,2H3,(H,57,62)(H,58,65)/t37-,46+,47+,48+,49-,50-,56+/m1/s1. The van der Waals surface area contributed by atoms with Gasteiger partial charge in [0.2, 0.25) is 11.8 Å². The molecule has 68 heavy (non-hydrogen) atoms. The number of fused-ring (bicyclic) bond motifs is 3. The van der Waals surface area contributed by atoms with Crippen molar-refractivity contribution in [3.63, 3.8) is 0 Å². The van der Waals surface area contributed by atoms with Crippen molar-refractivity contribution in [2.24, 2.45) is 5.92 Å². The van der Waals surface area contributed by atoms with Crippen LogP contribution in [0.1, 0.15) is 103 Å². The Balaban J connectivity index is 1.35. The number of benzene rings is 5. The minimum atomic E-state index is -2.06. The number of carbonyl (C=O) groups excluding carboxylic acids is 4. The summed E-state index contributed by atoms with van der Waals surface area (Å²) in [5.41, 5.74) is 0.318. The first kappa shape index (κ1) is 46.1. The summed E-state index contributed by atoms with van der Waals surface area (Å²) in [5.74, 6) is 3.06. The van der Waals surface area contributed by atoms with Gasteiger partial charge in [-0.1, -0.05) is 140 Å². The molecule has 2 saturated heterocycles. The molecule has 1 spiro atoms. The summed E-state index contributed by atoms with van der Waals surface area (Å²) in [6.45, 7) is 5.26. The van der Waals surface area contributed by atoms with Gasteiger partial charge in [0, 0.05) is 17.7 Å². The number of esters is 1. The monoisotopic (exact) mass is 912 g/mol. The highest BCUT2D eigenvalue weighted by Gasteiger charge is 2.76. The average molecular weight is 913 g/mol. The van der Waals surface area contributed by atoms with Crippen molar-refractivity contribution in [1.29, 1.82) is 0 Å². The number of para-hydroxylation sites is 1. The zero-order valence-electron chi connectivity index (χ0n) is 38.1. The molecule has 5 aromatic carbocycles. The minimum Gasteiger partial charge on any atom is -0.491 e. The van der Waals surface area contributed by atoms with Crippen LogP contribution in [-0.2, 0) is 24.5 Å². The molecule has 3 aliphatic heterocycles. The molecule has 3 fully saturated rings. The first-order valence-electron chi connectivity index (χ1n) is 23.5. The van der Waals surface area contributed by atoms with Crippen LogP contribution < -0.4 is 20.3 Å². The van der Waals surface area contributed by atoms with Gasteiger partial charge < -0.3 is 30.3 Å². The summed E-state index contributed by atoms with van der Waals surface area (Å²) in [5, 5.41) is 27.8. The van der Waals surface area contributed by atoms with Gasteiger partial charge in [-0.05, 0) is 79.1 Å². The molecule has 348 valence electrons. The van der Waals surface area contributed by atoms with Gasteiger partial charge in [-0.15, -0.1) is 6.58 Å². The van der Waals surface area contributed by atoms with Crippen LogP contribution in [0.3, 0.4) is 0 Å². The fourth-order valence-corrected chi connectivity index (χ4v) is 10.9. The highest BCUT2D eigenvalue weighted by atomic mass is 16.6. The van der Waals surface area contributed by atoms with Crippen LogP contribution in [0.5, 0.6) is 5.75 Å². The van der Waals surface area contributed by atoms with Gasteiger partial charge in [-0.25, -0.2) is 9.69 Å². The third kappa shape index (κ3) is 8.36. The summed E-state index contributed by atoms with van der Waals surface area (Å²) in [6.07, 6.45) is 5.29. The van der Waals surface area contributed by atoms with Crippen molar-refractivity contribution < 1.29 is 38.9 Å². The van der Waals surface area contributed by atoms with Crippen molar-refractivity contribution in [2.45, 2.75) is 86.7 Å². The fraction of sp³-hybridized carbons (Fsp3) is 0.321. The van der Waals surface area contributed by atoms with Gasteiger partial charge in [0.1, 0.15) is 35.5 Å². The number of ether oxygens (including phenoxy) is 2. The number of imide groups is 1. The normalized spacial score (nSPS) is 24.3. The van der Waals surface area contributed by atoms with Gasteiger partial charge in [-0.2, -0.15) is 0 Å². The number of anilines is 1. The number of amides is 4. The maximum Gasteiger partial charge on any atom is 0.329 e. The predicted molar refractivity (Wildman–Crippen MR) is 257 cm³/mol. The number of urea groups is 1. The maximum atomic E-state index is 16.6. The number of nitrogens with zero attached hydrogens (tertiary/aromatic N) is 2. The van der Waals surface area contributed by atoms with Crippen LogP contribution in [-0.4, -0.2) is 70.3 Å². The van der Waals surface area contributed by atoms with Crippen LogP contribution in [0, 0.1) is 17.8 Å². The number of carbonyl (C=O) groups is 4. The number of cyclic esters (lactones) is 1. The summed E-state index contributed by atoms with van der Waals surface area (Å²) in [6, 6.07) is 35.8. The van der Waals surface area contributed by atoms with Crippen molar-refractivity contribution in [1.82, 2.24) is 15.5 Å². The summed E-state index contributed by atoms with van der Waals surface area (Å²) in [4.78, 5) is 65.6. The highest BCUT2D eigenvalue weighted by molar-refractivity contribution is 6.24. The van der Waals surface area contributed by atoms with Crippen molar-refractivity contribution in [3.8, 4) is 17.6 Å². The molecule has 0 radical (unpaired) electrons. The quantitative estimate of drug-likeness (QED) is 0.0447. The molecule has 1 saturated carbocycles. The van der Waals surface area contributed by atoms with Crippen molar-refractivity contribution in [3.05, 3.63) is 179 Å². The number of nitrogens with one attached hydrogen (secondary N) is 2. The average Bonchev–Trinajstić information content (AvgIpc) is 3.70. The van der Waals surface area contributed by atoms with Crippen LogP contribution in [0.25, 0.3) is 0 Å². The van der Waals surface area contributed by atoms with E-state index >= 15 is 19.2 Å². The molecule has 0 unspecified atom stereocenters. The summed E-state index contributed by atoms with van der Waals surface area (Å²) >= 11 is 0. The van der Waals surface area contributed by atoms with Crippen LogP contribution >= 0.6 is 0 Å². The lowest BCUT2D eigenvalue weighted by Crippen LogP contribution is -2.56. The largest absolute Gasteiger partial charge is 0.491 e. The highest BCUT2D eigenvalue weighted by Crippen LogP contribution is 2.66. The van der Waals surface area contributed by atoms with E-state index in [-0.39, 0.29) is 31.0 Å². The van der Waals surface area contributed by atoms with Gasteiger partial charge in [0.05, 0.1) is 36.3 Å². The molecule has 4 N–H and O–H groups in total. The van der Waals surface area contributed by atoms with Gasteiger partial charge in [0.15, 0.2) is 0 Å². The molecule has 1 aliphatic carbocycles. The molecular formula is C56H56N4O8. The Morgan fingerprint density at radius 2 is 1.51 bits per heavy atom. The van der Waals surface area contributed by atoms with Crippen molar-refractivity contribution >= 4 is 29.5 Å². The predicted octanol–water partition coefficient (Wildman–Crippen LogP) is 7.93. The molecule has 5 aromatic rings. The van der Waals surface area contributed by atoms with E-state index in [2.05, 4.69) is 29.1 Å². The number of rotatable bonds is 11. The van der Waals surface area contributed by atoms with E-state index in [0.29, 0.717) is 35.3 Å². The second-order valence-corrected chi connectivity index (χ2v) is 18.1. The molecule has 7 atom stereocenters. The first-order chi connectivity index (χ1) is 33.1. The second-order valence-electron chi connectivity index (χ2n) is 18.1. The minimum absolute atomic E-state index is 0.00668. The smallest absolute Gasteiger partial charge is 0.329 e. The van der Waals surface area contributed by atoms with Crippen LogP contribution in [0.15, 0.2) is 146 Å². The molecule has 12 heteroatoms. The number of aliphatic hydroxyl groups is 2. The third-order valence-electron chi connectivity index (χ3n) is 13.9. The van der Waals surface area contributed by atoms with E-state index in [9.17, 15) is 10.2 Å². The SMILES string of the molecule is C=CCNC(=O)[C@@H]1[C@H]2C(=O)O[C@H](c3ccccc3)[C@H](c3ccccc3)N2[C@H](c2ccccc2OCCO)[C@@]12C(=O)N(C(=O)N[C@H](C)c1ccccc1)c1ccc(C#CC3(O)CCCCCC3)cc12. The molecule has 4 amide bonds. The van der Waals surface area contributed by atoms with E-state index < -0.39 is 71.0 Å². The number of aliphatic hydroxyl groups excluding tert-OH is 1. The Bertz CT molecular complexity index is 2730. The molecule has 0 aromatic heterocycles. The fourth-order valence-electron chi connectivity index (χ4n) is 10.9. The van der Waals surface area contributed by atoms with E-state index in [1.807, 2.05) is 103 Å². The lowest BCUT2D eigenvalue weighted by atomic mass is 9.65. The topological polar surface area (TPSA) is 158 Å². The molecule has 4 aliphatic rings. The van der Waals surface area contributed by atoms with Crippen LogP contribution in [0.4, 0.5) is 10.5 Å². The Hall–Kier alpha value is -7.04. The van der Waals surface area contributed by atoms with Crippen LogP contribution in [0.2, 0.25) is 0 Å². The lowest BCUT2D eigenvalue weighted by molar-refractivity contribution is -0.178. The number of hydrogen-bond donors (Lipinski definition) is 4. The maximum absolute atomic E-state index is 16.6. The molecule has 3 heterocycles. The van der Waals surface area contributed by atoms with Gasteiger partial charge >= 0.3 is 12.0 Å². The van der Waals surface area contributed by atoms with E-state index in [1.165, 1.54) is 6.08 Å². The third-order valence-corrected chi connectivity index (χ3v) is 13.9. The Morgan fingerprint density at radius 1 is 0.868 bits per heavy atom. The van der Waals surface area contributed by atoms with E-state index in [1.54, 1.807) is 42.5 Å². The summed E-state index contributed by atoms with van der Waals surface area (Å²) in [7, 11) is 0. The first-order valence-corrected chi connectivity index (χ1v) is 23.5. The van der Waals surface area contributed by atoms with Crippen molar-refractivity contribution in [2.75, 3.05) is 24.7 Å². The molecular weight excluding hydrogens is 857 g/mol. The van der Waals surface area contributed by atoms with E-state index in [4.69, 9.17) is 9.47 Å². The number of hydrogen-bond acceptors (Lipinski definition) is 9. The Labute approximate surface area is 397 Å². The Kier molecular flexibility index (Phi) is 13.3. The van der Waals surface area contributed by atoms with Gasteiger partial charge in [-0.3, -0.25) is 19.3 Å². The molecule has 12 nitrogen and oxygen atoms in total. The number of morpholine rings is 1. The van der Waals surface area contributed by atoms with Gasteiger partial charge in [0.25, 0.3) is 0 Å². The lowest BCUT2D eigenvalue weighted by Gasteiger charge is -2.46. The van der Waals surface area contributed by atoms with E-state index in [0.717, 1.165) is 41.7 Å². The zero-order chi connectivity index (χ0) is 47.4. The molecule has 0 bridgehead atoms. The molecule has 9 rings (SSSR count). The zero-order valence-corrected chi connectivity index (χ0v) is 38.1. The second kappa shape index (κ2) is 19.7.